The van der Waals surface area contributed by atoms with Crippen LogP contribution in [0.3, 0.4) is 0 Å². The van der Waals surface area contributed by atoms with Gasteiger partial charge in [0.05, 0.1) is 30.3 Å². The van der Waals surface area contributed by atoms with E-state index in [1.165, 1.54) is 19.2 Å². The lowest BCUT2D eigenvalue weighted by Gasteiger charge is -2.46. The van der Waals surface area contributed by atoms with Gasteiger partial charge in [-0.15, -0.1) is 0 Å². The summed E-state index contributed by atoms with van der Waals surface area (Å²) in [6.07, 6.45) is 4.81. The van der Waals surface area contributed by atoms with Crippen LogP contribution >= 0.6 is 0 Å². The number of esters is 1. The molecule has 1 aliphatic carbocycles. The van der Waals surface area contributed by atoms with E-state index in [1.807, 2.05) is 77.7 Å². The zero-order valence-electron chi connectivity index (χ0n) is 36.7. The Labute approximate surface area is 383 Å². The Hall–Kier alpha value is -6.85. The first-order valence-electron chi connectivity index (χ1n) is 22.6. The second-order valence-corrected chi connectivity index (χ2v) is 17.4. The maximum Gasteiger partial charge on any atom is 0.421 e. The number of aliphatic hydroxyl groups is 1. The molecule has 13 nitrogen and oxygen atoms in total. The van der Waals surface area contributed by atoms with E-state index in [4.69, 9.17) is 14.2 Å². The van der Waals surface area contributed by atoms with E-state index in [0.29, 0.717) is 36.0 Å². The molecule has 3 amide bonds. The number of rotatable bonds is 10. The number of aromatic hydroxyl groups is 1. The standard InChI is InChI=1S/C53H52N4O9/c1-64-32-33-65-51(62)56-42-24-19-35(25-29-52(63)27-11-2-3-12-28-52)34-41(42)53(50(56)61)43(48(59)55-31-26-39-18-10-13-30-54-39)45-49(60)66-46(37-16-8-5-9-17-37)44(36-14-6-4-7-15-36)57(45)47(53)38-20-22-40(58)23-21-38/h4-10,13-24,30,34,43-47,58,63H,2-3,11-12,26-28,31-33H2,1H3,(H,55,59)/t43-,44-,45-,46+,47+,53-/m0/s1. The number of aromatic nitrogens is 1. The number of hydrogen-bond donors (Lipinski definition) is 3. The fourth-order valence-corrected chi connectivity index (χ4v) is 10.5. The maximum atomic E-state index is 16.3. The van der Waals surface area contributed by atoms with Crippen molar-refractivity contribution in [3.8, 4) is 17.6 Å². The molecule has 338 valence electrons. The number of phenolic OH excluding ortho intramolecular Hbond substituents is 1. The summed E-state index contributed by atoms with van der Waals surface area (Å²) >= 11 is 0. The maximum absolute atomic E-state index is 16.3. The highest BCUT2D eigenvalue weighted by Gasteiger charge is 2.75. The molecule has 1 spiro atoms. The van der Waals surface area contributed by atoms with Gasteiger partial charge in [-0.05, 0) is 90.4 Å². The van der Waals surface area contributed by atoms with Gasteiger partial charge >= 0.3 is 12.1 Å². The number of cyclic esters (lactones) is 1. The Kier molecular flexibility index (Phi) is 12.7. The summed E-state index contributed by atoms with van der Waals surface area (Å²) < 4.78 is 17.4. The number of amides is 3. The van der Waals surface area contributed by atoms with Gasteiger partial charge in [-0.1, -0.05) is 104 Å². The van der Waals surface area contributed by atoms with E-state index in [2.05, 4.69) is 22.1 Å². The molecule has 3 aliphatic heterocycles. The molecule has 1 aromatic heterocycles. The Bertz CT molecular complexity index is 2630. The lowest BCUT2D eigenvalue weighted by molar-refractivity contribution is -0.178. The molecule has 3 N–H and O–H groups in total. The second kappa shape index (κ2) is 18.9. The number of hydrogen-bond acceptors (Lipinski definition) is 11. The molecule has 13 heteroatoms. The SMILES string of the molecule is COCCOC(=O)N1C(=O)[C@@]2(c3cc(C#CC4(O)CCCCCC4)ccc31)[C@H](C(=O)NCCc1ccccn1)[C@H]1C(=O)O[C@H](c3ccccc3)[C@H](c3ccccc3)N1[C@@H]2c1ccc(O)cc1. The number of imide groups is 1. The number of ether oxygens (including phenoxy) is 3. The number of pyridine rings is 1. The summed E-state index contributed by atoms with van der Waals surface area (Å²) in [6.45, 7) is -0.00294. The largest absolute Gasteiger partial charge is 0.508 e. The smallest absolute Gasteiger partial charge is 0.421 e. The first kappa shape index (κ1) is 44.4. The van der Waals surface area contributed by atoms with Crippen LogP contribution in [0.1, 0.15) is 90.2 Å². The van der Waals surface area contributed by atoms with Crippen LogP contribution in [0.15, 0.2) is 128 Å². The molecule has 5 aromatic rings. The number of benzene rings is 4. The number of nitrogens with one attached hydrogen (secondary N) is 1. The average Bonchev–Trinajstić information content (AvgIpc) is 3.67. The van der Waals surface area contributed by atoms with Crippen LogP contribution in [0.4, 0.5) is 10.5 Å². The van der Waals surface area contributed by atoms with Crippen molar-refractivity contribution in [3.63, 3.8) is 0 Å². The van der Waals surface area contributed by atoms with Gasteiger partial charge in [0.15, 0.2) is 0 Å². The van der Waals surface area contributed by atoms with Crippen molar-refractivity contribution in [2.45, 2.75) is 80.2 Å². The minimum atomic E-state index is -2.04. The lowest BCUT2D eigenvalue weighted by Crippen LogP contribution is -2.56. The van der Waals surface area contributed by atoms with Gasteiger partial charge in [-0.25, -0.2) is 9.69 Å². The second-order valence-electron chi connectivity index (χ2n) is 17.4. The highest BCUT2D eigenvalue weighted by molar-refractivity contribution is 6.23. The Morgan fingerprint density at radius 1 is 0.833 bits per heavy atom. The van der Waals surface area contributed by atoms with Gasteiger partial charge in [-0.2, -0.15) is 0 Å². The van der Waals surface area contributed by atoms with Crippen molar-refractivity contribution in [3.05, 3.63) is 161 Å². The van der Waals surface area contributed by atoms with Gasteiger partial charge in [-0.3, -0.25) is 24.3 Å². The molecule has 4 aromatic carbocycles. The predicted octanol–water partition coefficient (Wildman–Crippen LogP) is 7.03. The summed E-state index contributed by atoms with van der Waals surface area (Å²) in [4.78, 5) is 68.9. The van der Waals surface area contributed by atoms with Crippen molar-refractivity contribution < 1.29 is 43.6 Å². The molecule has 4 heterocycles. The van der Waals surface area contributed by atoms with Crippen molar-refractivity contribution in [2.24, 2.45) is 5.92 Å². The molecule has 0 radical (unpaired) electrons. The van der Waals surface area contributed by atoms with Crippen molar-refractivity contribution in [1.82, 2.24) is 15.2 Å². The third-order valence-corrected chi connectivity index (χ3v) is 13.4. The van der Waals surface area contributed by atoms with E-state index in [9.17, 15) is 15.0 Å². The molecule has 66 heavy (non-hydrogen) atoms. The van der Waals surface area contributed by atoms with Crippen molar-refractivity contribution in [1.29, 1.82) is 0 Å². The highest BCUT2D eigenvalue weighted by Crippen LogP contribution is 2.66. The fraction of sp³-hybridized carbons (Fsp3) is 0.340. The lowest BCUT2D eigenvalue weighted by atomic mass is 9.65. The number of methoxy groups -OCH3 is 1. The van der Waals surface area contributed by atoms with Gasteiger partial charge in [0, 0.05) is 37.5 Å². The van der Waals surface area contributed by atoms with Gasteiger partial charge in [0.2, 0.25) is 11.8 Å². The number of phenols is 1. The van der Waals surface area contributed by atoms with E-state index >= 15 is 14.4 Å². The first-order valence-corrected chi connectivity index (χ1v) is 22.6. The zero-order chi connectivity index (χ0) is 45.8. The molecule has 2 saturated heterocycles. The third kappa shape index (κ3) is 8.21. The fourth-order valence-electron chi connectivity index (χ4n) is 10.5. The molecular weight excluding hydrogens is 837 g/mol. The first-order chi connectivity index (χ1) is 32.1. The van der Waals surface area contributed by atoms with Crippen LogP contribution < -0.4 is 10.2 Å². The van der Waals surface area contributed by atoms with E-state index in [1.54, 1.807) is 42.6 Å². The number of anilines is 1. The van der Waals surface area contributed by atoms with Crippen molar-refractivity contribution >= 4 is 29.6 Å². The minimum Gasteiger partial charge on any atom is -0.508 e. The molecule has 9 rings (SSSR count). The Morgan fingerprint density at radius 2 is 1.53 bits per heavy atom. The normalized spacial score (nSPS) is 24.3. The Balaban J connectivity index is 1.31. The molecule has 4 aliphatic rings. The topological polar surface area (TPSA) is 168 Å². The minimum absolute atomic E-state index is 0.0403. The highest BCUT2D eigenvalue weighted by atomic mass is 16.6. The monoisotopic (exact) mass is 888 g/mol. The van der Waals surface area contributed by atoms with Crippen LogP contribution in [-0.4, -0.2) is 82.5 Å². The summed E-state index contributed by atoms with van der Waals surface area (Å²) in [6, 6.07) is 32.3. The van der Waals surface area contributed by atoms with E-state index < -0.39 is 65.0 Å². The average molecular weight is 889 g/mol. The molecule has 6 atom stereocenters. The molecule has 3 fully saturated rings. The number of fused-ring (bicyclic) bond motifs is 3. The molecule has 0 bridgehead atoms. The zero-order valence-corrected chi connectivity index (χ0v) is 36.7. The van der Waals surface area contributed by atoms with Gasteiger partial charge < -0.3 is 29.7 Å². The van der Waals surface area contributed by atoms with Crippen LogP contribution in [0.5, 0.6) is 5.75 Å². The quantitative estimate of drug-likeness (QED) is 0.0570. The van der Waals surface area contributed by atoms with Crippen LogP contribution in [0.2, 0.25) is 0 Å². The Morgan fingerprint density at radius 3 is 2.21 bits per heavy atom. The number of carbonyl (C=O) groups is 4. The third-order valence-electron chi connectivity index (χ3n) is 13.4. The summed E-state index contributed by atoms with van der Waals surface area (Å²) in [5.41, 5.74) is 0.235. The van der Waals surface area contributed by atoms with E-state index in [-0.39, 0.29) is 36.8 Å². The number of nitrogens with zero attached hydrogens (tertiary/aromatic N) is 3. The number of carbonyl (C=O) groups excluding carboxylic acids is 4. The van der Waals surface area contributed by atoms with E-state index in [0.717, 1.165) is 41.8 Å². The predicted molar refractivity (Wildman–Crippen MR) is 244 cm³/mol. The van der Waals surface area contributed by atoms with Gasteiger partial charge in [0.25, 0.3) is 0 Å². The molecular formula is C53H52N4O9. The van der Waals surface area contributed by atoms with Crippen LogP contribution in [-0.2, 0) is 40.4 Å². The molecule has 0 unspecified atom stereocenters. The van der Waals surface area contributed by atoms with Crippen LogP contribution in [0.25, 0.3) is 0 Å². The summed E-state index contributed by atoms with van der Waals surface area (Å²) in [5, 5.41) is 25.4. The van der Waals surface area contributed by atoms with Crippen molar-refractivity contribution in [2.75, 3.05) is 31.8 Å². The summed E-state index contributed by atoms with van der Waals surface area (Å²) in [7, 11) is 1.46. The molecule has 1 saturated carbocycles. The van der Waals surface area contributed by atoms with Gasteiger partial charge in [0.1, 0.15) is 35.5 Å². The number of morpholine rings is 1. The van der Waals surface area contributed by atoms with Crippen LogP contribution in [0, 0.1) is 17.8 Å². The summed E-state index contributed by atoms with van der Waals surface area (Å²) in [5.74, 6) is 2.64.